The van der Waals surface area contributed by atoms with Crippen LogP contribution in [0.3, 0.4) is 0 Å². The summed E-state index contributed by atoms with van der Waals surface area (Å²) in [5, 5.41) is 3.15. The molecule has 154 valence electrons. The number of hydrogen-bond acceptors (Lipinski definition) is 5. The fraction of sp³-hybridized carbons (Fsp3) is 0.476. The molecule has 1 N–H and O–H groups in total. The Morgan fingerprint density at radius 1 is 1.24 bits per heavy atom. The van der Waals surface area contributed by atoms with Crippen molar-refractivity contribution < 1.29 is 14.3 Å². The van der Waals surface area contributed by atoms with Gasteiger partial charge in [-0.3, -0.25) is 14.5 Å². The number of nitrogens with zero attached hydrogens (tertiary/aromatic N) is 4. The molecule has 4 rings (SSSR count). The number of rotatable bonds is 5. The lowest BCUT2D eigenvalue weighted by molar-refractivity contribution is -0.134. The lowest BCUT2D eigenvalue weighted by Crippen LogP contribution is -2.47. The van der Waals surface area contributed by atoms with Crippen molar-refractivity contribution in [2.75, 3.05) is 33.8 Å². The Bertz CT molecular complexity index is 850. The summed E-state index contributed by atoms with van der Waals surface area (Å²) in [6.07, 6.45) is 6.51. The molecule has 2 aromatic rings. The van der Waals surface area contributed by atoms with E-state index in [9.17, 15) is 9.59 Å². The van der Waals surface area contributed by atoms with E-state index >= 15 is 0 Å². The zero-order chi connectivity index (χ0) is 20.4. The molecule has 8 nitrogen and oxygen atoms in total. The van der Waals surface area contributed by atoms with E-state index in [1.807, 2.05) is 35.0 Å². The van der Waals surface area contributed by atoms with Crippen molar-refractivity contribution in [2.24, 2.45) is 0 Å². The predicted octanol–water partition coefficient (Wildman–Crippen LogP) is 0.922. The van der Waals surface area contributed by atoms with Gasteiger partial charge in [-0.25, -0.2) is 4.98 Å². The average Bonchev–Trinajstić information content (AvgIpc) is 3.37. The van der Waals surface area contributed by atoms with Crippen LogP contribution in [0.15, 0.2) is 43.0 Å². The maximum Gasteiger partial charge on any atom is 0.251 e. The molecule has 0 unspecified atom stereocenters. The standard InChI is InChI=1S/C21H27N5O3/c1-24(2)20(27)10-19-12-26-11-16(9-18(26)13-29-19)23-21(28)15-3-5-17(6-4-15)25-8-7-22-14-25/h3-8,14,16,18-19H,9-13H2,1-2H3,(H,23,28)/t16-,18+,19+/m1/s1. The summed E-state index contributed by atoms with van der Waals surface area (Å²) in [4.78, 5) is 32.6. The zero-order valence-electron chi connectivity index (χ0n) is 16.8. The van der Waals surface area contributed by atoms with Gasteiger partial charge < -0.3 is 19.5 Å². The Morgan fingerprint density at radius 3 is 2.72 bits per heavy atom. The first kappa shape index (κ1) is 19.6. The number of imidazole rings is 1. The van der Waals surface area contributed by atoms with Gasteiger partial charge in [-0.2, -0.15) is 0 Å². The summed E-state index contributed by atoms with van der Waals surface area (Å²) in [5.41, 5.74) is 1.61. The predicted molar refractivity (Wildman–Crippen MR) is 108 cm³/mol. The number of ether oxygens (including phenoxy) is 1. The van der Waals surface area contributed by atoms with Crippen molar-refractivity contribution in [1.29, 1.82) is 0 Å². The van der Waals surface area contributed by atoms with Crippen LogP contribution in [0, 0.1) is 0 Å². The third kappa shape index (κ3) is 4.49. The van der Waals surface area contributed by atoms with Crippen LogP contribution < -0.4 is 5.32 Å². The van der Waals surface area contributed by atoms with E-state index < -0.39 is 0 Å². The molecule has 8 heteroatoms. The Hall–Kier alpha value is -2.71. The third-order valence-electron chi connectivity index (χ3n) is 5.66. The molecule has 29 heavy (non-hydrogen) atoms. The van der Waals surface area contributed by atoms with Gasteiger partial charge in [0.05, 0.1) is 25.5 Å². The van der Waals surface area contributed by atoms with Crippen LogP contribution in [0.5, 0.6) is 0 Å². The molecule has 2 aliphatic rings. The van der Waals surface area contributed by atoms with Gasteiger partial charge in [-0.15, -0.1) is 0 Å². The van der Waals surface area contributed by atoms with Crippen molar-refractivity contribution in [3.8, 4) is 5.69 Å². The molecule has 2 aliphatic heterocycles. The van der Waals surface area contributed by atoms with Crippen molar-refractivity contribution in [3.05, 3.63) is 48.5 Å². The quantitative estimate of drug-likeness (QED) is 0.812. The van der Waals surface area contributed by atoms with Crippen LogP contribution in [-0.4, -0.2) is 83.1 Å². The second-order valence-electron chi connectivity index (χ2n) is 7.98. The Kier molecular flexibility index (Phi) is 5.64. The topological polar surface area (TPSA) is 79.7 Å². The van der Waals surface area contributed by atoms with Gasteiger partial charge in [0.25, 0.3) is 5.91 Å². The summed E-state index contributed by atoms with van der Waals surface area (Å²) < 4.78 is 7.79. The summed E-state index contributed by atoms with van der Waals surface area (Å²) >= 11 is 0. The van der Waals surface area contributed by atoms with Gasteiger partial charge in [0, 0.05) is 62.9 Å². The zero-order valence-corrected chi connectivity index (χ0v) is 16.8. The second kappa shape index (κ2) is 8.34. The summed E-state index contributed by atoms with van der Waals surface area (Å²) in [6.45, 7) is 2.13. The van der Waals surface area contributed by atoms with Crippen LogP contribution in [0.1, 0.15) is 23.2 Å². The van der Waals surface area contributed by atoms with Crippen LogP contribution in [0.2, 0.25) is 0 Å². The minimum Gasteiger partial charge on any atom is -0.375 e. The molecule has 0 aliphatic carbocycles. The number of carbonyl (C=O) groups is 2. The highest BCUT2D eigenvalue weighted by Gasteiger charge is 2.38. The van der Waals surface area contributed by atoms with E-state index in [-0.39, 0.29) is 24.0 Å². The highest BCUT2D eigenvalue weighted by atomic mass is 16.5. The number of hydrogen-bond donors (Lipinski definition) is 1. The molecule has 3 atom stereocenters. The molecule has 0 radical (unpaired) electrons. The lowest BCUT2D eigenvalue weighted by atomic mass is 10.1. The van der Waals surface area contributed by atoms with E-state index in [4.69, 9.17) is 4.74 Å². The molecule has 1 aromatic carbocycles. The largest absolute Gasteiger partial charge is 0.375 e. The second-order valence-corrected chi connectivity index (χ2v) is 7.98. The number of amides is 2. The fourth-order valence-corrected chi connectivity index (χ4v) is 4.01. The number of fused-ring (bicyclic) bond motifs is 1. The van der Waals surface area contributed by atoms with Crippen molar-refractivity contribution in [3.63, 3.8) is 0 Å². The first-order valence-corrected chi connectivity index (χ1v) is 9.94. The first-order valence-electron chi connectivity index (χ1n) is 9.94. The molecule has 0 spiro atoms. The fourth-order valence-electron chi connectivity index (χ4n) is 4.01. The number of morpholine rings is 1. The highest BCUT2D eigenvalue weighted by molar-refractivity contribution is 5.94. The van der Waals surface area contributed by atoms with E-state index in [0.717, 1.165) is 25.2 Å². The first-order chi connectivity index (χ1) is 14.0. The third-order valence-corrected chi connectivity index (χ3v) is 5.66. The van der Waals surface area contributed by atoms with E-state index in [2.05, 4.69) is 15.2 Å². The number of benzene rings is 1. The SMILES string of the molecule is CN(C)C(=O)C[C@H]1CN2C[C@H](NC(=O)c3ccc(-n4ccnc4)cc3)C[C@H]2CO1. The van der Waals surface area contributed by atoms with Gasteiger partial charge in [0.15, 0.2) is 0 Å². The van der Waals surface area contributed by atoms with Gasteiger partial charge in [-0.05, 0) is 30.7 Å². The minimum atomic E-state index is -0.0775. The van der Waals surface area contributed by atoms with E-state index in [0.29, 0.717) is 24.6 Å². The smallest absolute Gasteiger partial charge is 0.251 e. The number of aromatic nitrogens is 2. The maximum absolute atomic E-state index is 12.7. The molecule has 0 saturated carbocycles. The van der Waals surface area contributed by atoms with Gasteiger partial charge in [0.1, 0.15) is 0 Å². The molecule has 3 heterocycles. The molecule has 2 fully saturated rings. The molecular weight excluding hydrogens is 370 g/mol. The van der Waals surface area contributed by atoms with Crippen molar-refractivity contribution >= 4 is 11.8 Å². The molecule has 0 bridgehead atoms. The Balaban J connectivity index is 1.31. The Morgan fingerprint density at radius 2 is 2.03 bits per heavy atom. The molecular formula is C21H27N5O3. The average molecular weight is 397 g/mol. The van der Waals surface area contributed by atoms with Crippen molar-refractivity contribution in [2.45, 2.75) is 31.0 Å². The molecule has 2 saturated heterocycles. The monoisotopic (exact) mass is 397 g/mol. The van der Waals surface area contributed by atoms with E-state index in [1.54, 1.807) is 31.5 Å². The van der Waals surface area contributed by atoms with E-state index in [1.165, 1.54) is 0 Å². The van der Waals surface area contributed by atoms with Crippen LogP contribution in [0.4, 0.5) is 0 Å². The summed E-state index contributed by atoms with van der Waals surface area (Å²) in [6, 6.07) is 7.88. The lowest BCUT2D eigenvalue weighted by Gasteiger charge is -2.35. The molecule has 2 amide bonds. The van der Waals surface area contributed by atoms with Gasteiger partial charge in [0.2, 0.25) is 5.91 Å². The van der Waals surface area contributed by atoms with Gasteiger partial charge >= 0.3 is 0 Å². The number of carbonyl (C=O) groups excluding carboxylic acids is 2. The van der Waals surface area contributed by atoms with Crippen LogP contribution in [0.25, 0.3) is 5.69 Å². The summed E-state index contributed by atoms with van der Waals surface area (Å²) in [7, 11) is 3.52. The van der Waals surface area contributed by atoms with Crippen LogP contribution in [-0.2, 0) is 9.53 Å². The Labute approximate surface area is 170 Å². The van der Waals surface area contributed by atoms with Crippen LogP contribution >= 0.6 is 0 Å². The van der Waals surface area contributed by atoms with Crippen molar-refractivity contribution in [1.82, 2.24) is 24.7 Å². The maximum atomic E-state index is 12.7. The molecule has 1 aromatic heterocycles. The normalized spacial score (nSPS) is 24.1. The number of nitrogens with one attached hydrogen (secondary N) is 1. The summed E-state index contributed by atoms with van der Waals surface area (Å²) in [5.74, 6) is 0.0175. The van der Waals surface area contributed by atoms with Gasteiger partial charge in [-0.1, -0.05) is 0 Å². The highest BCUT2D eigenvalue weighted by Crippen LogP contribution is 2.25. The minimum absolute atomic E-state index is 0.0627.